The Kier molecular flexibility index (Phi) is 8.55. The smallest absolute Gasteiger partial charge is 0.318 e. The zero-order valence-corrected chi connectivity index (χ0v) is 28.6. The van der Waals surface area contributed by atoms with Crippen molar-refractivity contribution in [3.63, 3.8) is 0 Å². The molecule has 0 saturated carbocycles. The second-order valence-electron chi connectivity index (χ2n) is 14.2. The van der Waals surface area contributed by atoms with Gasteiger partial charge in [-0.1, -0.05) is 102 Å². The van der Waals surface area contributed by atoms with E-state index in [4.69, 9.17) is 23.4 Å². The fourth-order valence-corrected chi connectivity index (χ4v) is 12.7. The molecule has 0 amide bonds. The van der Waals surface area contributed by atoms with Crippen LogP contribution in [0.3, 0.4) is 0 Å². The molecule has 2 saturated heterocycles. The number of carbonyl (C=O) groups excluding carboxylic acids is 2. The van der Waals surface area contributed by atoms with Crippen LogP contribution in [-0.2, 0) is 33.0 Å². The van der Waals surface area contributed by atoms with Gasteiger partial charge in [-0.25, -0.2) is 0 Å². The van der Waals surface area contributed by atoms with Gasteiger partial charge in [-0.15, -0.1) is 0 Å². The van der Waals surface area contributed by atoms with E-state index < -0.39 is 43.2 Å². The van der Waals surface area contributed by atoms with Crippen LogP contribution in [-0.4, -0.2) is 57.4 Å². The number of ketones is 1. The Balaban J connectivity index is 1.57. The molecule has 0 unspecified atom stereocenters. The lowest BCUT2D eigenvalue weighted by Gasteiger charge is -2.43. The van der Waals surface area contributed by atoms with Crippen molar-refractivity contribution in [2.75, 3.05) is 13.7 Å². The highest BCUT2D eigenvalue weighted by molar-refractivity contribution is 6.99. The Labute approximate surface area is 263 Å². The molecular weight excluding hydrogens is 572 g/mol. The number of fused-ring (bicyclic) bond motifs is 1. The molecule has 7 nitrogen and oxygen atoms in total. The maximum Gasteiger partial charge on any atom is 0.318 e. The Morgan fingerprint density at radius 3 is 1.95 bits per heavy atom. The Morgan fingerprint density at radius 2 is 1.50 bits per heavy atom. The predicted octanol–water partition coefficient (Wildman–Crippen LogP) is 5.55. The molecule has 0 radical (unpaired) electrons. The molecule has 2 fully saturated rings. The Hall–Kier alpha value is -2.78. The zero-order chi connectivity index (χ0) is 32.1. The minimum atomic E-state index is -2.92. The van der Waals surface area contributed by atoms with Gasteiger partial charge in [-0.05, 0) is 29.3 Å². The van der Waals surface area contributed by atoms with Crippen LogP contribution in [0.5, 0.6) is 0 Å². The molecule has 8 heteroatoms. The first kappa shape index (κ1) is 32.6. The van der Waals surface area contributed by atoms with Crippen molar-refractivity contribution < 1.29 is 33.0 Å². The molecule has 5 rings (SSSR count). The summed E-state index contributed by atoms with van der Waals surface area (Å²) in [6.07, 6.45) is 1.29. The fraction of sp³-hybridized carbons (Fsp3) is 0.556. The highest BCUT2D eigenvalue weighted by Gasteiger charge is 2.75. The van der Waals surface area contributed by atoms with E-state index in [-0.39, 0.29) is 35.7 Å². The molecule has 6 atom stereocenters. The van der Waals surface area contributed by atoms with Crippen molar-refractivity contribution >= 4 is 30.4 Å². The maximum absolute atomic E-state index is 14.0. The molecule has 2 aromatic rings. The Bertz CT molecular complexity index is 1360. The summed E-state index contributed by atoms with van der Waals surface area (Å²) in [5.74, 6) is -1.66. The number of hydrogen-bond acceptors (Lipinski definition) is 7. The number of rotatable bonds is 10. The van der Waals surface area contributed by atoms with Crippen LogP contribution in [0.1, 0.15) is 68.2 Å². The monoisotopic (exact) mass is 620 g/mol. The quantitative estimate of drug-likeness (QED) is 0.255. The maximum atomic E-state index is 14.0. The summed E-state index contributed by atoms with van der Waals surface area (Å²) in [6, 6.07) is 20.8. The fourth-order valence-electron chi connectivity index (χ4n) is 8.12. The molecule has 3 aliphatic heterocycles. The third-order valence-electron chi connectivity index (χ3n) is 10.3. The van der Waals surface area contributed by atoms with E-state index in [0.717, 1.165) is 10.4 Å². The SMILES string of the molecule is CCC1=CC(=O)[C@@](C)(C[C@@H]2O[C@](OC)(C(C)C)[C@@]3(C)C(=O)O[C@H](CO[Si](c4ccccc4)(c4ccccc4)C(C)(C)C)[C@@H]23)O1. The summed E-state index contributed by atoms with van der Waals surface area (Å²) in [5, 5.41) is 2.05. The van der Waals surface area contributed by atoms with Gasteiger partial charge in [0.05, 0.1) is 12.7 Å². The number of hydrogen-bond donors (Lipinski definition) is 0. The van der Waals surface area contributed by atoms with Crippen LogP contribution in [0.15, 0.2) is 72.5 Å². The van der Waals surface area contributed by atoms with Gasteiger partial charge in [-0.2, -0.15) is 0 Å². The molecule has 3 aliphatic rings. The van der Waals surface area contributed by atoms with Gasteiger partial charge in [0.1, 0.15) is 17.3 Å². The third-order valence-corrected chi connectivity index (χ3v) is 15.3. The molecular formula is C36H48O7Si. The second-order valence-corrected chi connectivity index (χ2v) is 18.5. The highest BCUT2D eigenvalue weighted by atomic mass is 28.4. The van der Waals surface area contributed by atoms with Crippen molar-refractivity contribution in [3.05, 3.63) is 72.5 Å². The lowest BCUT2D eigenvalue weighted by Crippen LogP contribution is -2.67. The number of esters is 1. The van der Waals surface area contributed by atoms with Crippen molar-refractivity contribution in [2.45, 2.75) is 96.9 Å². The first-order chi connectivity index (χ1) is 20.7. The molecule has 3 heterocycles. The molecule has 0 aromatic heterocycles. The molecule has 44 heavy (non-hydrogen) atoms. The number of ether oxygens (including phenoxy) is 4. The van der Waals surface area contributed by atoms with Crippen LogP contribution in [0.4, 0.5) is 0 Å². The van der Waals surface area contributed by atoms with Crippen LogP contribution < -0.4 is 10.4 Å². The summed E-state index contributed by atoms with van der Waals surface area (Å²) in [4.78, 5) is 27.2. The van der Waals surface area contributed by atoms with Gasteiger partial charge in [0.15, 0.2) is 11.4 Å². The van der Waals surface area contributed by atoms with Crippen molar-refractivity contribution in [1.29, 1.82) is 0 Å². The van der Waals surface area contributed by atoms with E-state index in [2.05, 4.69) is 69.3 Å². The van der Waals surface area contributed by atoms with E-state index in [1.807, 2.05) is 46.8 Å². The molecule has 0 aliphatic carbocycles. The van der Waals surface area contributed by atoms with Crippen molar-refractivity contribution in [2.24, 2.45) is 17.3 Å². The van der Waals surface area contributed by atoms with Crippen LogP contribution in [0.25, 0.3) is 0 Å². The van der Waals surface area contributed by atoms with Crippen molar-refractivity contribution in [3.8, 4) is 0 Å². The highest BCUT2D eigenvalue weighted by Crippen LogP contribution is 2.61. The van der Waals surface area contributed by atoms with E-state index in [1.54, 1.807) is 13.2 Å². The number of allylic oxidation sites excluding steroid dienone is 1. The molecule has 0 bridgehead atoms. The number of methoxy groups -OCH3 is 1. The van der Waals surface area contributed by atoms with Gasteiger partial charge in [0.25, 0.3) is 8.32 Å². The second kappa shape index (κ2) is 11.5. The van der Waals surface area contributed by atoms with Gasteiger partial charge in [0.2, 0.25) is 5.78 Å². The largest absolute Gasteiger partial charge is 0.484 e. The average molecular weight is 621 g/mol. The van der Waals surface area contributed by atoms with Crippen molar-refractivity contribution in [1.82, 2.24) is 0 Å². The van der Waals surface area contributed by atoms with E-state index in [0.29, 0.717) is 12.2 Å². The predicted molar refractivity (Wildman–Crippen MR) is 172 cm³/mol. The number of carbonyl (C=O) groups is 2. The Morgan fingerprint density at radius 1 is 0.932 bits per heavy atom. The number of benzene rings is 2. The topological polar surface area (TPSA) is 80.3 Å². The van der Waals surface area contributed by atoms with Crippen LogP contribution in [0, 0.1) is 17.3 Å². The molecule has 0 N–H and O–H groups in total. The van der Waals surface area contributed by atoms with Gasteiger partial charge in [0, 0.05) is 37.9 Å². The number of cyclic esters (lactones) is 1. The average Bonchev–Trinajstić information content (AvgIpc) is 3.53. The van der Waals surface area contributed by atoms with E-state index in [1.165, 1.54) is 0 Å². The summed E-state index contributed by atoms with van der Waals surface area (Å²) < 4.78 is 32.7. The summed E-state index contributed by atoms with van der Waals surface area (Å²) in [6.45, 7) is 16.5. The normalized spacial score (nSPS) is 32.0. The summed E-state index contributed by atoms with van der Waals surface area (Å²) >= 11 is 0. The van der Waals surface area contributed by atoms with Gasteiger partial charge >= 0.3 is 5.97 Å². The molecule has 2 aromatic carbocycles. The molecule has 0 spiro atoms. The van der Waals surface area contributed by atoms with Gasteiger partial charge < -0.3 is 23.4 Å². The lowest BCUT2D eigenvalue weighted by atomic mass is 9.66. The van der Waals surface area contributed by atoms with Crippen LogP contribution >= 0.6 is 0 Å². The van der Waals surface area contributed by atoms with Gasteiger partial charge in [-0.3, -0.25) is 9.59 Å². The zero-order valence-electron chi connectivity index (χ0n) is 27.6. The minimum Gasteiger partial charge on any atom is -0.484 e. The lowest BCUT2D eigenvalue weighted by molar-refractivity contribution is -0.279. The first-order valence-electron chi connectivity index (χ1n) is 15.8. The van der Waals surface area contributed by atoms with E-state index in [9.17, 15) is 9.59 Å². The standard InChI is InChI=1S/C36H48O7Si/c1-10-25-21-30(37)34(7,42-25)22-28-31-29(41-32(38)35(31,8)36(39-9,43-28)24(2)3)23-40-44(33(4,5)6,26-17-13-11-14-18-26)27-19-15-12-16-20-27/h11-21,24,28-29,31H,10,22-23H2,1-9H3/t28-,29+,31+,34+,35+,36+/m0/s1. The van der Waals surface area contributed by atoms with Crippen LogP contribution in [0.2, 0.25) is 5.04 Å². The summed E-state index contributed by atoms with van der Waals surface area (Å²) in [5.41, 5.74) is -2.23. The summed E-state index contributed by atoms with van der Waals surface area (Å²) in [7, 11) is -1.34. The molecule has 238 valence electrons. The third kappa shape index (κ3) is 4.80. The first-order valence-corrected chi connectivity index (χ1v) is 17.7. The van der Waals surface area contributed by atoms with E-state index >= 15 is 0 Å². The minimum absolute atomic E-state index is 0.0931.